The van der Waals surface area contributed by atoms with Gasteiger partial charge in [0.2, 0.25) is 0 Å². The largest absolute Gasteiger partial charge is 0.330 e. The van der Waals surface area contributed by atoms with Gasteiger partial charge >= 0.3 is 0 Å². The second kappa shape index (κ2) is 17.7. The number of nitrogens with two attached hydrogens (primary N) is 1. The smallest absolute Gasteiger partial charge is 0.00773 e. The molecule has 0 radical (unpaired) electrons. The summed E-state index contributed by atoms with van der Waals surface area (Å²) in [7, 11) is 0. The van der Waals surface area contributed by atoms with Gasteiger partial charge < -0.3 is 5.73 Å². The van der Waals surface area contributed by atoms with Gasteiger partial charge in [0.25, 0.3) is 0 Å². The Kier molecular flexibility index (Phi) is 17.4. The molecule has 0 saturated carbocycles. The van der Waals surface area contributed by atoms with Gasteiger partial charge in [-0.05, 0) is 38.6 Å². The molecule has 0 rings (SSSR count). The molecule has 0 heterocycles. The van der Waals surface area contributed by atoms with Crippen LogP contribution in [-0.2, 0) is 0 Å². The molecular weight excluding hydrogens is 230 g/mol. The Hall–Kier alpha value is -0.300. The number of allylic oxidation sites excluding steroid dienone is 2. The van der Waals surface area contributed by atoms with Crippen LogP contribution in [0.1, 0.15) is 96.8 Å². The molecule has 1 nitrogen and oxygen atoms in total. The highest BCUT2D eigenvalue weighted by Crippen LogP contribution is 2.10. The maximum absolute atomic E-state index is 5.47. The van der Waals surface area contributed by atoms with E-state index in [1.54, 1.807) is 0 Å². The molecular formula is C18H37N. The van der Waals surface area contributed by atoms with Crippen molar-refractivity contribution in [2.24, 2.45) is 5.73 Å². The minimum Gasteiger partial charge on any atom is -0.330 e. The molecule has 0 fully saturated rings. The monoisotopic (exact) mass is 267 g/mol. The Labute approximate surface area is 122 Å². The van der Waals surface area contributed by atoms with E-state index in [1.165, 1.54) is 89.9 Å². The van der Waals surface area contributed by atoms with Gasteiger partial charge in [-0.1, -0.05) is 76.9 Å². The van der Waals surface area contributed by atoms with Crippen LogP contribution in [-0.4, -0.2) is 6.54 Å². The Balaban J connectivity index is 3.00. The van der Waals surface area contributed by atoms with Gasteiger partial charge in [0.15, 0.2) is 0 Å². The lowest BCUT2D eigenvalue weighted by molar-refractivity contribution is 0.577. The molecule has 0 saturated heterocycles. The fourth-order valence-corrected chi connectivity index (χ4v) is 2.39. The maximum atomic E-state index is 5.47. The van der Waals surface area contributed by atoms with Gasteiger partial charge in [-0.2, -0.15) is 0 Å². The van der Waals surface area contributed by atoms with Crippen molar-refractivity contribution < 1.29 is 0 Å². The lowest BCUT2D eigenvalue weighted by Crippen LogP contribution is -1.97. The first kappa shape index (κ1) is 18.7. The highest BCUT2D eigenvalue weighted by Gasteiger charge is 1.90. The van der Waals surface area contributed by atoms with Crippen molar-refractivity contribution in [3.8, 4) is 0 Å². The van der Waals surface area contributed by atoms with Crippen molar-refractivity contribution >= 4 is 0 Å². The normalized spacial score (nSPS) is 11.5. The molecule has 114 valence electrons. The predicted octanol–water partition coefficient (Wildman–Crippen LogP) is 5.98. The predicted molar refractivity (Wildman–Crippen MR) is 88.5 cm³/mol. The molecule has 0 spiro atoms. The Bertz CT molecular complexity index is 175. The quantitative estimate of drug-likeness (QED) is 0.286. The molecule has 0 aliphatic rings. The number of hydrogen-bond donors (Lipinski definition) is 1. The summed E-state index contributed by atoms with van der Waals surface area (Å²) < 4.78 is 0. The summed E-state index contributed by atoms with van der Waals surface area (Å²) in [4.78, 5) is 0. The average molecular weight is 268 g/mol. The fraction of sp³-hybridized carbons (Fsp3) is 0.889. The van der Waals surface area contributed by atoms with Crippen molar-refractivity contribution in [1.82, 2.24) is 0 Å². The minimum absolute atomic E-state index is 0.855. The molecule has 0 aliphatic carbocycles. The van der Waals surface area contributed by atoms with E-state index in [0.29, 0.717) is 0 Å². The van der Waals surface area contributed by atoms with Crippen LogP contribution in [0.3, 0.4) is 0 Å². The molecule has 19 heavy (non-hydrogen) atoms. The zero-order chi connectivity index (χ0) is 14.0. The van der Waals surface area contributed by atoms with Crippen molar-refractivity contribution in [3.05, 3.63) is 12.2 Å². The topological polar surface area (TPSA) is 26.0 Å². The first-order chi connectivity index (χ1) is 9.41. The van der Waals surface area contributed by atoms with Crippen LogP contribution >= 0.6 is 0 Å². The van der Waals surface area contributed by atoms with E-state index in [9.17, 15) is 0 Å². The Morgan fingerprint density at radius 2 is 1.00 bits per heavy atom. The third-order valence-corrected chi connectivity index (χ3v) is 3.72. The van der Waals surface area contributed by atoms with Crippen molar-refractivity contribution in [1.29, 1.82) is 0 Å². The van der Waals surface area contributed by atoms with Crippen LogP contribution in [0.4, 0.5) is 0 Å². The summed E-state index contributed by atoms with van der Waals surface area (Å²) >= 11 is 0. The van der Waals surface area contributed by atoms with E-state index in [4.69, 9.17) is 5.73 Å². The summed E-state index contributed by atoms with van der Waals surface area (Å²) in [6, 6.07) is 0. The lowest BCUT2D eigenvalue weighted by atomic mass is 10.1. The van der Waals surface area contributed by atoms with Gasteiger partial charge in [0.1, 0.15) is 0 Å². The highest BCUT2D eigenvalue weighted by atomic mass is 14.5. The number of unbranched alkanes of at least 4 members (excludes halogenated alkanes) is 12. The van der Waals surface area contributed by atoms with Crippen LogP contribution in [0, 0.1) is 0 Å². The zero-order valence-electron chi connectivity index (χ0n) is 13.3. The summed E-state index contributed by atoms with van der Waals surface area (Å²) in [6.45, 7) is 3.14. The first-order valence-electron chi connectivity index (χ1n) is 8.77. The third-order valence-electron chi connectivity index (χ3n) is 3.72. The van der Waals surface area contributed by atoms with E-state index >= 15 is 0 Å². The van der Waals surface area contributed by atoms with Crippen molar-refractivity contribution in [3.63, 3.8) is 0 Å². The second-order valence-electron chi connectivity index (χ2n) is 5.73. The van der Waals surface area contributed by atoms with Gasteiger partial charge in [-0.15, -0.1) is 0 Å². The molecule has 0 aromatic carbocycles. The van der Waals surface area contributed by atoms with Gasteiger partial charge in [-0.25, -0.2) is 0 Å². The van der Waals surface area contributed by atoms with E-state index in [1.807, 2.05) is 0 Å². The maximum Gasteiger partial charge on any atom is -0.00773 e. The summed E-state index contributed by atoms with van der Waals surface area (Å²) in [5, 5.41) is 0. The molecule has 2 N–H and O–H groups in total. The molecule has 0 amide bonds. The second-order valence-corrected chi connectivity index (χ2v) is 5.73. The summed E-state index contributed by atoms with van der Waals surface area (Å²) in [5.74, 6) is 0. The van der Waals surface area contributed by atoms with Crippen LogP contribution in [0.25, 0.3) is 0 Å². The van der Waals surface area contributed by atoms with E-state index in [0.717, 1.165) is 6.54 Å². The summed E-state index contributed by atoms with van der Waals surface area (Å²) in [6.07, 6.45) is 23.9. The van der Waals surface area contributed by atoms with Crippen molar-refractivity contribution in [2.75, 3.05) is 6.54 Å². The molecule has 0 aliphatic heterocycles. The van der Waals surface area contributed by atoms with Gasteiger partial charge in [-0.3, -0.25) is 0 Å². The number of rotatable bonds is 15. The highest BCUT2D eigenvalue weighted by molar-refractivity contribution is 4.81. The zero-order valence-corrected chi connectivity index (χ0v) is 13.3. The number of hydrogen-bond acceptors (Lipinski definition) is 1. The molecule has 0 aromatic rings. The van der Waals surface area contributed by atoms with Crippen LogP contribution in [0.15, 0.2) is 12.2 Å². The standard InChI is InChI=1S/C18H37N/c1-2-3-4-5-6-7-8-9-10-11-12-13-14-15-16-17-18-19/h11-12H,2-10,13-19H2,1H3. The Morgan fingerprint density at radius 1 is 0.579 bits per heavy atom. The summed E-state index contributed by atoms with van der Waals surface area (Å²) in [5.41, 5.74) is 5.47. The molecule has 0 unspecified atom stereocenters. The van der Waals surface area contributed by atoms with E-state index < -0.39 is 0 Å². The van der Waals surface area contributed by atoms with E-state index in [2.05, 4.69) is 19.1 Å². The van der Waals surface area contributed by atoms with Gasteiger partial charge in [0, 0.05) is 0 Å². The minimum atomic E-state index is 0.855. The molecule has 0 aromatic heterocycles. The van der Waals surface area contributed by atoms with E-state index in [-0.39, 0.29) is 0 Å². The molecule has 1 heteroatoms. The third kappa shape index (κ3) is 17.7. The molecule has 0 atom stereocenters. The van der Waals surface area contributed by atoms with Crippen LogP contribution in [0.5, 0.6) is 0 Å². The first-order valence-corrected chi connectivity index (χ1v) is 8.77. The molecule has 0 bridgehead atoms. The SMILES string of the molecule is CCCCCCCCCCC=CCCCCCCN. The lowest BCUT2D eigenvalue weighted by Gasteiger charge is -2.00. The van der Waals surface area contributed by atoms with Crippen LogP contribution < -0.4 is 5.73 Å². The fourth-order valence-electron chi connectivity index (χ4n) is 2.39. The van der Waals surface area contributed by atoms with Gasteiger partial charge in [0.05, 0.1) is 0 Å². The van der Waals surface area contributed by atoms with Crippen molar-refractivity contribution in [2.45, 2.75) is 96.8 Å². The van der Waals surface area contributed by atoms with Crippen LogP contribution in [0.2, 0.25) is 0 Å². The Morgan fingerprint density at radius 3 is 1.47 bits per heavy atom. The average Bonchev–Trinajstić information content (AvgIpc) is 2.43.